The van der Waals surface area contributed by atoms with Crippen LogP contribution in [0.1, 0.15) is 53.4 Å². The second-order valence-electron chi connectivity index (χ2n) is 4.81. The van der Waals surface area contributed by atoms with Crippen molar-refractivity contribution in [1.82, 2.24) is 9.80 Å². The van der Waals surface area contributed by atoms with Crippen LogP contribution < -0.4 is 0 Å². The Kier molecular flexibility index (Phi) is 11.8. The summed E-state index contributed by atoms with van der Waals surface area (Å²) in [6.07, 6.45) is -1.12. The van der Waals surface area contributed by atoms with Crippen LogP contribution in [0.25, 0.3) is 0 Å². The van der Waals surface area contributed by atoms with Gasteiger partial charge >= 0.3 is 6.18 Å². The topological polar surface area (TPSA) is 40.6 Å². The molecule has 0 bridgehead atoms. The molecule has 0 radical (unpaired) electrons. The molecule has 0 heterocycles. The van der Waals surface area contributed by atoms with Gasteiger partial charge in [0.15, 0.2) is 0 Å². The fraction of sp³-hybridized carbons (Fsp3) is 0.867. The van der Waals surface area contributed by atoms with Gasteiger partial charge in [0.1, 0.15) is 6.54 Å². The predicted molar refractivity (Wildman–Crippen MR) is 81.4 cm³/mol. The lowest BCUT2D eigenvalue weighted by Gasteiger charge is -2.17. The Morgan fingerprint density at radius 1 is 1.00 bits per heavy atom. The second kappa shape index (κ2) is 11.3. The highest BCUT2D eigenvalue weighted by atomic mass is 19.4. The van der Waals surface area contributed by atoms with E-state index in [4.69, 9.17) is 0 Å². The van der Waals surface area contributed by atoms with Crippen LogP contribution >= 0.6 is 0 Å². The third kappa shape index (κ3) is 11.4. The summed E-state index contributed by atoms with van der Waals surface area (Å²) in [6.45, 7) is 6.26. The highest BCUT2D eigenvalue weighted by Gasteiger charge is 2.30. The van der Waals surface area contributed by atoms with Crippen molar-refractivity contribution in [3.05, 3.63) is 0 Å². The quantitative estimate of drug-likeness (QED) is 0.794. The van der Waals surface area contributed by atoms with Gasteiger partial charge in [-0.15, -0.1) is 0 Å². The van der Waals surface area contributed by atoms with Gasteiger partial charge in [0, 0.05) is 33.0 Å². The molecule has 1 aliphatic rings. The minimum atomic E-state index is -4.29. The Bertz CT molecular complexity index is 329. The highest BCUT2D eigenvalue weighted by Crippen LogP contribution is 2.25. The molecule has 1 rings (SSSR count). The average molecular weight is 326 g/mol. The van der Waals surface area contributed by atoms with Crippen molar-refractivity contribution >= 4 is 11.8 Å². The Labute approximate surface area is 131 Å². The number of nitrogens with zero attached hydrogens (tertiary/aromatic N) is 2. The van der Waals surface area contributed by atoms with Crippen LogP contribution in [0.5, 0.6) is 0 Å². The first-order valence-electron chi connectivity index (χ1n) is 7.68. The first-order valence-corrected chi connectivity index (χ1v) is 7.68. The molecule has 1 saturated carbocycles. The van der Waals surface area contributed by atoms with E-state index >= 15 is 0 Å². The van der Waals surface area contributed by atoms with Crippen molar-refractivity contribution in [3.63, 3.8) is 0 Å². The zero-order chi connectivity index (χ0) is 17.9. The highest BCUT2D eigenvalue weighted by molar-refractivity contribution is 5.76. The molecule has 0 atom stereocenters. The largest absolute Gasteiger partial charge is 0.406 e. The minimum absolute atomic E-state index is 0.104. The number of hydrogen-bond acceptors (Lipinski definition) is 2. The number of alkyl halides is 3. The van der Waals surface area contributed by atoms with Crippen LogP contribution in [-0.4, -0.2) is 54.5 Å². The molecule has 0 spiro atoms. The summed E-state index contributed by atoms with van der Waals surface area (Å²) in [5, 5.41) is 0. The first kappa shape index (κ1) is 23.0. The van der Waals surface area contributed by atoms with Gasteiger partial charge in [-0.3, -0.25) is 9.59 Å². The van der Waals surface area contributed by atoms with Crippen LogP contribution in [-0.2, 0) is 9.59 Å². The van der Waals surface area contributed by atoms with Crippen molar-refractivity contribution in [2.75, 3.05) is 20.6 Å². The summed E-state index contributed by atoms with van der Waals surface area (Å²) in [6, 6.07) is 0.581. The molecule has 132 valence electrons. The van der Waals surface area contributed by atoms with Crippen LogP contribution in [0, 0.1) is 0 Å². The Morgan fingerprint density at radius 2 is 1.41 bits per heavy atom. The molecule has 1 fully saturated rings. The molecule has 0 unspecified atom stereocenters. The van der Waals surface area contributed by atoms with E-state index in [0.717, 1.165) is 7.05 Å². The van der Waals surface area contributed by atoms with E-state index in [9.17, 15) is 22.8 Å². The fourth-order valence-corrected chi connectivity index (χ4v) is 1.54. The summed E-state index contributed by atoms with van der Waals surface area (Å²) in [4.78, 5) is 24.1. The Balaban J connectivity index is 0. The van der Waals surface area contributed by atoms with E-state index in [1.54, 1.807) is 0 Å². The number of carbonyl (C=O) groups is 2. The molecule has 0 aromatic carbocycles. The molecule has 22 heavy (non-hydrogen) atoms. The third-order valence-electron chi connectivity index (χ3n) is 2.94. The van der Waals surface area contributed by atoms with Crippen LogP contribution in [0.4, 0.5) is 13.2 Å². The van der Waals surface area contributed by atoms with E-state index in [0.29, 0.717) is 17.4 Å². The monoisotopic (exact) mass is 326 g/mol. The average Bonchev–Trinajstić information content (AvgIpc) is 3.30. The summed E-state index contributed by atoms with van der Waals surface area (Å²) < 4.78 is 34.8. The summed E-state index contributed by atoms with van der Waals surface area (Å²) in [5.41, 5.74) is 0. The van der Waals surface area contributed by atoms with Gasteiger partial charge in [0.05, 0.1) is 0 Å². The van der Waals surface area contributed by atoms with Crippen molar-refractivity contribution in [2.24, 2.45) is 0 Å². The fourth-order valence-electron chi connectivity index (χ4n) is 1.54. The lowest BCUT2D eigenvalue weighted by Crippen LogP contribution is -2.35. The molecule has 0 aliphatic heterocycles. The van der Waals surface area contributed by atoms with Crippen LogP contribution in [0.2, 0.25) is 0 Å². The van der Waals surface area contributed by atoms with E-state index < -0.39 is 18.6 Å². The normalized spacial score (nSPS) is 13.1. The lowest BCUT2D eigenvalue weighted by molar-refractivity contribution is -0.158. The Morgan fingerprint density at radius 3 is 1.68 bits per heavy atom. The van der Waals surface area contributed by atoms with E-state index in [1.807, 2.05) is 32.7 Å². The Hall–Kier alpha value is -1.27. The maximum absolute atomic E-state index is 11.6. The van der Waals surface area contributed by atoms with Gasteiger partial charge < -0.3 is 9.80 Å². The zero-order valence-electron chi connectivity index (χ0n) is 14.5. The predicted octanol–water partition coefficient (Wildman–Crippen LogP) is 3.46. The molecule has 7 heteroatoms. The molecular weight excluding hydrogens is 297 g/mol. The number of carbonyl (C=O) groups excluding carboxylic acids is 2. The number of halogens is 3. The zero-order valence-corrected chi connectivity index (χ0v) is 14.5. The van der Waals surface area contributed by atoms with Crippen molar-refractivity contribution in [3.8, 4) is 0 Å². The molecule has 0 saturated heterocycles. The van der Waals surface area contributed by atoms with E-state index in [-0.39, 0.29) is 12.3 Å². The van der Waals surface area contributed by atoms with Gasteiger partial charge in [-0.25, -0.2) is 0 Å². The van der Waals surface area contributed by atoms with Crippen molar-refractivity contribution in [1.29, 1.82) is 0 Å². The smallest absolute Gasteiger partial charge is 0.343 e. The number of rotatable bonds is 4. The molecule has 2 amide bonds. The van der Waals surface area contributed by atoms with Gasteiger partial charge in [0.25, 0.3) is 0 Å². The SMILES string of the molecule is CC.CCC(=O)N(C)C1CC1.CCC(=O)N(C)CC(F)(F)F. The van der Waals surface area contributed by atoms with Crippen LogP contribution in [0.15, 0.2) is 0 Å². The summed E-state index contributed by atoms with van der Waals surface area (Å²) >= 11 is 0. The van der Waals surface area contributed by atoms with E-state index in [1.165, 1.54) is 19.8 Å². The number of amides is 2. The molecule has 0 N–H and O–H groups in total. The lowest BCUT2D eigenvalue weighted by atomic mass is 10.4. The van der Waals surface area contributed by atoms with Crippen molar-refractivity contribution in [2.45, 2.75) is 65.6 Å². The van der Waals surface area contributed by atoms with Crippen molar-refractivity contribution < 1.29 is 22.8 Å². The number of hydrogen-bond donors (Lipinski definition) is 0. The molecule has 0 aromatic heterocycles. The molecule has 4 nitrogen and oxygen atoms in total. The summed E-state index contributed by atoms with van der Waals surface area (Å²) in [7, 11) is 3.03. The van der Waals surface area contributed by atoms with Gasteiger partial charge in [-0.1, -0.05) is 27.7 Å². The molecule has 0 aromatic rings. The molecule has 1 aliphatic carbocycles. The standard InChI is InChI=1S/C7H13NO.C6H10F3NO.C2H6/c1-3-7(9)8(2)6-4-5-6;1-3-5(11)10(2)4-6(7,8)9;1-2/h6H,3-5H2,1-2H3;3-4H2,1-2H3;1-2H3. The maximum atomic E-state index is 11.6. The third-order valence-corrected chi connectivity index (χ3v) is 2.94. The second-order valence-corrected chi connectivity index (χ2v) is 4.81. The molecular formula is C15H29F3N2O2. The van der Waals surface area contributed by atoms with Gasteiger partial charge in [-0.05, 0) is 12.8 Å². The van der Waals surface area contributed by atoms with Gasteiger partial charge in [0.2, 0.25) is 11.8 Å². The maximum Gasteiger partial charge on any atom is 0.406 e. The van der Waals surface area contributed by atoms with Crippen LogP contribution in [0.3, 0.4) is 0 Å². The van der Waals surface area contributed by atoms with Gasteiger partial charge in [-0.2, -0.15) is 13.2 Å². The first-order chi connectivity index (χ1) is 10.1. The minimum Gasteiger partial charge on any atom is -0.343 e. The van der Waals surface area contributed by atoms with E-state index in [2.05, 4.69) is 0 Å². The summed E-state index contributed by atoms with van der Waals surface area (Å²) in [5.74, 6) is -0.222.